The molecule has 0 spiro atoms. The lowest BCUT2D eigenvalue weighted by Crippen LogP contribution is -1.75. The molecule has 0 N–H and O–H groups in total. The fourth-order valence-corrected chi connectivity index (χ4v) is 2.47. The second-order valence-electron chi connectivity index (χ2n) is 2.33. The van der Waals surface area contributed by atoms with E-state index in [0.29, 0.717) is 0 Å². The van der Waals surface area contributed by atoms with Gasteiger partial charge in [0.25, 0.3) is 0 Å². The van der Waals surface area contributed by atoms with E-state index in [9.17, 15) is 0 Å². The van der Waals surface area contributed by atoms with Crippen molar-refractivity contribution in [1.82, 2.24) is 10.2 Å². The first-order valence-corrected chi connectivity index (χ1v) is 5.46. The summed E-state index contributed by atoms with van der Waals surface area (Å²) in [4.78, 5) is 1.22. The van der Waals surface area contributed by atoms with Gasteiger partial charge in [-0.3, -0.25) is 0 Å². The lowest BCUT2D eigenvalue weighted by atomic mass is 10.5. The summed E-state index contributed by atoms with van der Waals surface area (Å²) < 4.78 is 0. The van der Waals surface area contributed by atoms with Gasteiger partial charge in [0.2, 0.25) is 0 Å². The highest BCUT2D eigenvalue weighted by Crippen LogP contribution is 2.27. The Morgan fingerprint density at radius 3 is 2.92 bits per heavy atom. The smallest absolute Gasteiger partial charge is 0.143 e. The van der Waals surface area contributed by atoms with E-state index in [-0.39, 0.29) is 0 Å². The Labute approximate surface area is 78.9 Å². The molecule has 0 unspecified atom stereocenters. The first-order valence-electron chi connectivity index (χ1n) is 3.76. The fourth-order valence-electron chi connectivity index (χ4n) is 0.896. The largest absolute Gasteiger partial charge is 0.157 e. The van der Waals surface area contributed by atoms with Crippen LogP contribution < -0.4 is 0 Å². The number of hydrogen-bond acceptors (Lipinski definition) is 4. The molecule has 0 amide bonds. The molecule has 2 aromatic heterocycles. The van der Waals surface area contributed by atoms with Gasteiger partial charge in [0.05, 0.1) is 4.88 Å². The summed E-state index contributed by atoms with van der Waals surface area (Å²) >= 11 is 3.39. The Kier molecular flexibility index (Phi) is 2.19. The molecule has 0 aromatic carbocycles. The van der Waals surface area contributed by atoms with Crippen molar-refractivity contribution in [3.8, 4) is 9.88 Å². The highest BCUT2D eigenvalue weighted by molar-refractivity contribution is 7.20. The van der Waals surface area contributed by atoms with Crippen molar-refractivity contribution in [3.05, 3.63) is 22.5 Å². The van der Waals surface area contributed by atoms with Crippen LogP contribution in [0.3, 0.4) is 0 Å². The van der Waals surface area contributed by atoms with Crippen LogP contribution in [0.25, 0.3) is 9.88 Å². The zero-order valence-electron chi connectivity index (χ0n) is 6.65. The molecule has 0 atom stereocenters. The molecule has 4 heteroatoms. The zero-order chi connectivity index (χ0) is 8.39. The number of aromatic nitrogens is 2. The van der Waals surface area contributed by atoms with E-state index in [0.717, 1.165) is 16.4 Å². The molecule has 0 aliphatic heterocycles. The molecule has 0 fully saturated rings. The van der Waals surface area contributed by atoms with Gasteiger partial charge in [0, 0.05) is 0 Å². The quantitative estimate of drug-likeness (QED) is 0.738. The van der Waals surface area contributed by atoms with E-state index in [2.05, 4.69) is 28.6 Å². The first kappa shape index (κ1) is 7.89. The van der Waals surface area contributed by atoms with Gasteiger partial charge >= 0.3 is 0 Å². The maximum atomic E-state index is 4.11. The lowest BCUT2D eigenvalue weighted by molar-refractivity contribution is 0.987. The Morgan fingerprint density at radius 2 is 2.33 bits per heavy atom. The van der Waals surface area contributed by atoms with Crippen LogP contribution in [0, 0.1) is 0 Å². The lowest BCUT2D eigenvalue weighted by Gasteiger charge is -1.83. The van der Waals surface area contributed by atoms with Crippen LogP contribution in [0.5, 0.6) is 0 Å². The topological polar surface area (TPSA) is 25.8 Å². The summed E-state index contributed by atoms with van der Waals surface area (Å²) in [5.41, 5.74) is 0. The fraction of sp³-hybridized carbons (Fsp3) is 0.250. The van der Waals surface area contributed by atoms with E-state index in [1.165, 1.54) is 4.88 Å². The monoisotopic (exact) mass is 196 g/mol. The van der Waals surface area contributed by atoms with Crippen molar-refractivity contribution in [2.75, 3.05) is 0 Å². The molecule has 0 bridgehead atoms. The average Bonchev–Trinajstić information content (AvgIpc) is 2.75. The highest BCUT2D eigenvalue weighted by atomic mass is 32.1. The third-order valence-electron chi connectivity index (χ3n) is 1.50. The minimum atomic E-state index is 0.975. The zero-order valence-corrected chi connectivity index (χ0v) is 8.28. The molecule has 2 nitrogen and oxygen atoms in total. The van der Waals surface area contributed by atoms with Crippen molar-refractivity contribution in [1.29, 1.82) is 0 Å². The molecule has 2 rings (SSSR count). The maximum Gasteiger partial charge on any atom is 0.157 e. The van der Waals surface area contributed by atoms with Gasteiger partial charge in [-0.25, -0.2) is 0 Å². The number of nitrogens with zero attached hydrogens (tertiary/aromatic N) is 2. The van der Waals surface area contributed by atoms with Gasteiger partial charge in [0.1, 0.15) is 5.01 Å². The summed E-state index contributed by atoms with van der Waals surface area (Å²) in [5, 5.41) is 12.4. The molecule has 0 radical (unpaired) electrons. The third-order valence-corrected chi connectivity index (χ3v) is 3.61. The Hall–Kier alpha value is -0.740. The number of thiophene rings is 1. The molecular weight excluding hydrogens is 188 g/mol. The molecule has 62 valence electrons. The van der Waals surface area contributed by atoms with Crippen LogP contribution in [-0.2, 0) is 6.42 Å². The van der Waals surface area contributed by atoms with Crippen LogP contribution >= 0.6 is 22.7 Å². The number of aryl methyl sites for hydroxylation is 1. The van der Waals surface area contributed by atoms with E-state index >= 15 is 0 Å². The molecular formula is C8H8N2S2. The molecule has 2 heterocycles. The first-order chi connectivity index (χ1) is 5.90. The molecule has 2 aromatic rings. The van der Waals surface area contributed by atoms with Crippen LogP contribution in [0.4, 0.5) is 0 Å². The predicted molar refractivity (Wildman–Crippen MR) is 52.6 cm³/mol. The van der Waals surface area contributed by atoms with Crippen molar-refractivity contribution < 1.29 is 0 Å². The van der Waals surface area contributed by atoms with Crippen LogP contribution in [0.2, 0.25) is 0 Å². The van der Waals surface area contributed by atoms with Gasteiger partial charge < -0.3 is 0 Å². The Balaban J connectivity index is 2.35. The summed E-state index contributed by atoms with van der Waals surface area (Å²) in [6.45, 7) is 2.10. The van der Waals surface area contributed by atoms with E-state index in [4.69, 9.17) is 0 Å². The second-order valence-corrected chi connectivity index (χ2v) is 4.34. The summed E-state index contributed by atoms with van der Waals surface area (Å²) in [5.74, 6) is 0. The summed E-state index contributed by atoms with van der Waals surface area (Å²) in [6, 6.07) is 4.11. The Bertz CT molecular complexity index is 351. The van der Waals surface area contributed by atoms with Crippen molar-refractivity contribution in [2.45, 2.75) is 13.3 Å². The molecule has 0 saturated carbocycles. The standard InChI is InChI=1S/C8H8N2S2/c1-2-7-9-10-8(12-7)6-4-3-5-11-6/h3-5H,2H2,1H3. The predicted octanol–water partition coefficient (Wildman–Crippen LogP) is 2.83. The molecule has 0 saturated heterocycles. The molecule has 0 aliphatic rings. The SMILES string of the molecule is CCc1nnc(-c2cccs2)s1. The van der Waals surface area contributed by atoms with Crippen molar-refractivity contribution in [2.24, 2.45) is 0 Å². The molecule has 12 heavy (non-hydrogen) atoms. The second kappa shape index (κ2) is 3.33. The Morgan fingerprint density at radius 1 is 1.42 bits per heavy atom. The van der Waals surface area contributed by atoms with E-state index in [1.54, 1.807) is 22.7 Å². The van der Waals surface area contributed by atoms with Crippen LogP contribution in [-0.4, -0.2) is 10.2 Å². The van der Waals surface area contributed by atoms with Crippen LogP contribution in [0.1, 0.15) is 11.9 Å². The van der Waals surface area contributed by atoms with E-state index in [1.807, 2.05) is 6.07 Å². The van der Waals surface area contributed by atoms with Gasteiger partial charge in [-0.15, -0.1) is 21.5 Å². The average molecular weight is 196 g/mol. The summed E-state index contributed by atoms with van der Waals surface area (Å²) in [7, 11) is 0. The highest BCUT2D eigenvalue weighted by Gasteiger charge is 2.04. The normalized spacial score (nSPS) is 10.4. The minimum absolute atomic E-state index is 0.975. The number of rotatable bonds is 2. The number of hydrogen-bond donors (Lipinski definition) is 0. The molecule has 0 aliphatic carbocycles. The summed E-state index contributed by atoms with van der Waals surface area (Å²) in [6.07, 6.45) is 0.975. The van der Waals surface area contributed by atoms with Gasteiger partial charge in [-0.05, 0) is 17.9 Å². The maximum absolute atomic E-state index is 4.11. The van der Waals surface area contributed by atoms with Gasteiger partial charge in [-0.1, -0.05) is 24.3 Å². The van der Waals surface area contributed by atoms with Gasteiger partial charge in [-0.2, -0.15) is 0 Å². The van der Waals surface area contributed by atoms with E-state index < -0.39 is 0 Å². The van der Waals surface area contributed by atoms with Crippen LogP contribution in [0.15, 0.2) is 17.5 Å². The van der Waals surface area contributed by atoms with Crippen molar-refractivity contribution >= 4 is 22.7 Å². The third kappa shape index (κ3) is 1.40. The van der Waals surface area contributed by atoms with Crippen molar-refractivity contribution in [3.63, 3.8) is 0 Å². The van der Waals surface area contributed by atoms with Gasteiger partial charge in [0.15, 0.2) is 5.01 Å². The minimum Gasteiger partial charge on any atom is -0.143 e.